The number of nitrogens with zero attached hydrogens (tertiary/aromatic N) is 8. The predicted molar refractivity (Wildman–Crippen MR) is 218 cm³/mol. The summed E-state index contributed by atoms with van der Waals surface area (Å²) in [5.41, 5.74) is 2.08. The van der Waals surface area contributed by atoms with E-state index in [0.29, 0.717) is 120 Å². The van der Waals surface area contributed by atoms with Crippen molar-refractivity contribution in [3.05, 3.63) is 95.8 Å². The van der Waals surface area contributed by atoms with E-state index in [-0.39, 0.29) is 24.7 Å². The first-order valence-corrected chi connectivity index (χ1v) is 20.0. The van der Waals surface area contributed by atoms with Gasteiger partial charge in [-0.2, -0.15) is 10.2 Å². The highest BCUT2D eigenvalue weighted by molar-refractivity contribution is 6.10. The fourth-order valence-electron chi connectivity index (χ4n) is 7.95. The van der Waals surface area contributed by atoms with Gasteiger partial charge in [0.15, 0.2) is 22.5 Å². The van der Waals surface area contributed by atoms with Gasteiger partial charge in [-0.15, -0.1) is 0 Å². The molecule has 0 spiro atoms. The highest BCUT2D eigenvalue weighted by Gasteiger charge is 2.45. The van der Waals surface area contributed by atoms with Crippen molar-refractivity contribution in [2.24, 2.45) is 0 Å². The number of aromatic nitrogens is 6. The Hall–Kier alpha value is -6.54. The van der Waals surface area contributed by atoms with Crippen LogP contribution in [0.5, 0.6) is 11.5 Å². The molecule has 4 aliphatic heterocycles. The molecule has 16 nitrogen and oxygen atoms in total. The lowest BCUT2D eigenvalue weighted by atomic mass is 9.99. The van der Waals surface area contributed by atoms with Gasteiger partial charge in [-0.3, -0.25) is 9.59 Å². The number of carbonyl (C=O) groups is 2. The van der Waals surface area contributed by atoms with E-state index >= 15 is 0 Å². The minimum Gasteiger partial charge on any atom is -0.481 e. The zero-order valence-corrected chi connectivity index (χ0v) is 33.7. The molecule has 62 heavy (non-hydrogen) atoms. The van der Waals surface area contributed by atoms with E-state index in [0.717, 1.165) is 0 Å². The Balaban J connectivity index is 0.000000158. The van der Waals surface area contributed by atoms with E-state index in [1.165, 1.54) is 35.3 Å². The summed E-state index contributed by atoms with van der Waals surface area (Å²) < 4.78 is 79.4. The molecule has 8 heterocycles. The number of ether oxygens (including phenoxy) is 4. The van der Waals surface area contributed by atoms with Crippen LogP contribution in [0.25, 0.3) is 11.3 Å². The number of fused-ring (bicyclic) bond motifs is 4. The summed E-state index contributed by atoms with van der Waals surface area (Å²) in [4.78, 5) is 38.7. The lowest BCUT2D eigenvalue weighted by Gasteiger charge is -2.31. The number of nitrogens with one attached hydrogen (secondary N) is 2. The molecule has 2 saturated heterocycles. The van der Waals surface area contributed by atoms with Gasteiger partial charge in [0.1, 0.15) is 22.6 Å². The number of rotatable bonds is 8. The summed E-state index contributed by atoms with van der Waals surface area (Å²) in [7, 11) is 0. The average Bonchev–Trinajstić information content (AvgIpc) is 4.06. The first-order valence-electron chi connectivity index (χ1n) is 20.0. The second kappa shape index (κ2) is 16.4. The maximum Gasteiger partial charge on any atom is 0.277 e. The molecule has 2 aromatic carbocycles. The zero-order valence-electron chi connectivity index (χ0n) is 33.7. The van der Waals surface area contributed by atoms with E-state index in [9.17, 15) is 27.2 Å². The van der Waals surface area contributed by atoms with Crippen LogP contribution in [-0.4, -0.2) is 118 Å². The lowest BCUT2D eigenvalue weighted by molar-refractivity contribution is -0.0498. The molecule has 6 aromatic rings. The van der Waals surface area contributed by atoms with Crippen LogP contribution in [0.4, 0.5) is 40.3 Å². The van der Waals surface area contributed by atoms with Crippen molar-refractivity contribution in [3.8, 4) is 11.5 Å². The van der Waals surface area contributed by atoms with Gasteiger partial charge >= 0.3 is 0 Å². The minimum atomic E-state index is -2.63. The third-order valence-corrected chi connectivity index (χ3v) is 11.3. The zero-order chi connectivity index (χ0) is 43.2. The van der Waals surface area contributed by atoms with Crippen LogP contribution >= 0.6 is 0 Å². The van der Waals surface area contributed by atoms with E-state index in [1.54, 1.807) is 61.2 Å². The molecule has 2 N–H and O–H groups in total. The van der Waals surface area contributed by atoms with Crippen LogP contribution < -0.4 is 29.9 Å². The van der Waals surface area contributed by atoms with Crippen molar-refractivity contribution in [2.75, 3.05) is 73.0 Å². The Morgan fingerprint density at radius 3 is 1.44 bits per heavy atom. The Morgan fingerprint density at radius 1 is 0.645 bits per heavy atom. The third kappa shape index (κ3) is 7.79. The first-order chi connectivity index (χ1) is 29.9. The summed E-state index contributed by atoms with van der Waals surface area (Å²) in [5.74, 6) is 0.0808. The Bertz CT molecular complexity index is 2470. The van der Waals surface area contributed by atoms with Gasteiger partial charge in [0.2, 0.25) is 0 Å². The number of amides is 2. The molecule has 2 amide bonds. The van der Waals surface area contributed by atoms with Crippen molar-refractivity contribution in [1.82, 2.24) is 29.2 Å². The third-order valence-electron chi connectivity index (χ3n) is 11.3. The Kier molecular flexibility index (Phi) is 10.8. The van der Waals surface area contributed by atoms with E-state index < -0.39 is 24.1 Å². The predicted octanol–water partition coefficient (Wildman–Crippen LogP) is 5.55. The standard InChI is InChI=1S/2C21H21F2N5O3/c2*1-21(20(22)23)11-13-9-15(16(10-17(13)31-21)27-5-7-30-8-6-27)26-19(29)14-12-25-28-4-2-3-24-18(14)28/h2*2-4,9-10,12,20H,5-8,11H2,1H3,(H,26,29)/t2*21-/m10/s1. The van der Waals surface area contributed by atoms with Crippen LogP contribution in [0.1, 0.15) is 45.7 Å². The summed E-state index contributed by atoms with van der Waals surface area (Å²) in [5, 5.41) is 14.2. The molecular formula is C42H42F4N10O6. The molecular weight excluding hydrogens is 817 g/mol. The monoisotopic (exact) mass is 858 g/mol. The van der Waals surface area contributed by atoms with Crippen molar-refractivity contribution in [2.45, 2.75) is 50.7 Å². The number of hydrogen-bond donors (Lipinski definition) is 2. The van der Waals surface area contributed by atoms with Gasteiger partial charge in [-0.25, -0.2) is 36.6 Å². The highest BCUT2D eigenvalue weighted by Crippen LogP contribution is 2.45. The molecule has 0 bridgehead atoms. The number of anilines is 4. The molecule has 0 saturated carbocycles. The van der Waals surface area contributed by atoms with Gasteiger partial charge in [-0.05, 0) is 38.1 Å². The van der Waals surface area contributed by atoms with E-state index in [2.05, 4.69) is 40.6 Å². The summed E-state index contributed by atoms with van der Waals surface area (Å²) >= 11 is 0. The maximum atomic E-state index is 13.6. The van der Waals surface area contributed by atoms with E-state index in [1.807, 2.05) is 0 Å². The van der Waals surface area contributed by atoms with Gasteiger partial charge in [0.25, 0.3) is 24.7 Å². The van der Waals surface area contributed by atoms with Crippen LogP contribution in [0.15, 0.2) is 73.6 Å². The van der Waals surface area contributed by atoms with Gasteiger partial charge in [0, 0.05) is 87.1 Å². The number of benzene rings is 2. The van der Waals surface area contributed by atoms with Crippen LogP contribution in [0.2, 0.25) is 0 Å². The van der Waals surface area contributed by atoms with E-state index in [4.69, 9.17) is 18.9 Å². The molecule has 2 fully saturated rings. The highest BCUT2D eigenvalue weighted by atomic mass is 19.3. The molecule has 4 aliphatic rings. The molecule has 324 valence electrons. The lowest BCUT2D eigenvalue weighted by Crippen LogP contribution is -2.38. The molecule has 4 aromatic heterocycles. The number of carbonyl (C=O) groups excluding carboxylic acids is 2. The smallest absolute Gasteiger partial charge is 0.277 e. The molecule has 0 radical (unpaired) electrons. The van der Waals surface area contributed by atoms with Crippen LogP contribution in [0, 0.1) is 0 Å². The minimum absolute atomic E-state index is 0.0601. The molecule has 0 aliphatic carbocycles. The SMILES string of the molecule is C[C@@]1(C(F)F)Cc2cc(NC(=O)c3cnn4cccnc34)c(N3CCOCC3)cc2O1.C[C@]1(C(F)F)Cc2cc(NC(=O)c3cnn4cccnc34)c(N3CCOCC3)cc2O1. The van der Waals surface area contributed by atoms with Crippen molar-refractivity contribution in [1.29, 1.82) is 0 Å². The fraction of sp³-hybridized carbons (Fsp3) is 0.381. The molecule has 10 rings (SSSR count). The van der Waals surface area contributed by atoms with Gasteiger partial charge < -0.3 is 39.4 Å². The Morgan fingerprint density at radius 2 is 1.05 bits per heavy atom. The fourth-order valence-corrected chi connectivity index (χ4v) is 7.95. The number of halogens is 4. The summed E-state index contributed by atoms with van der Waals surface area (Å²) in [6.07, 6.45) is 4.36. The van der Waals surface area contributed by atoms with Crippen molar-refractivity contribution >= 4 is 45.9 Å². The molecule has 2 atom stereocenters. The second-order valence-electron chi connectivity index (χ2n) is 15.7. The second-order valence-corrected chi connectivity index (χ2v) is 15.7. The number of hydrogen-bond acceptors (Lipinski definition) is 12. The topological polar surface area (TPSA) is 162 Å². The average molecular weight is 859 g/mol. The number of morpholine rings is 2. The van der Waals surface area contributed by atoms with Crippen molar-refractivity contribution < 1.29 is 46.1 Å². The normalized spacial score (nSPS) is 20.7. The quantitative estimate of drug-likeness (QED) is 0.184. The van der Waals surface area contributed by atoms with Crippen molar-refractivity contribution in [3.63, 3.8) is 0 Å². The number of alkyl halides is 4. The van der Waals surface area contributed by atoms with Gasteiger partial charge in [-0.1, -0.05) is 0 Å². The molecule has 0 unspecified atom stereocenters. The Labute approximate surface area is 351 Å². The largest absolute Gasteiger partial charge is 0.481 e. The van der Waals surface area contributed by atoms with Gasteiger partial charge in [0.05, 0.1) is 61.6 Å². The molecule has 20 heteroatoms. The van der Waals surface area contributed by atoms with Crippen LogP contribution in [0.3, 0.4) is 0 Å². The first kappa shape index (κ1) is 40.8. The maximum absolute atomic E-state index is 13.6. The summed E-state index contributed by atoms with van der Waals surface area (Å²) in [6.45, 7) is 7.42. The summed E-state index contributed by atoms with van der Waals surface area (Å²) in [6, 6.07) is 10.4. The van der Waals surface area contributed by atoms with Crippen LogP contribution in [-0.2, 0) is 22.3 Å².